The molecule has 1 aromatic carbocycles. The monoisotopic (exact) mass is 318 g/mol. The molecule has 3 amide bonds. The van der Waals surface area contributed by atoms with Crippen LogP contribution in [0.1, 0.15) is 13.3 Å². The molecule has 0 unspecified atom stereocenters. The Morgan fingerprint density at radius 3 is 2.26 bits per heavy atom. The van der Waals surface area contributed by atoms with Crippen LogP contribution in [0.5, 0.6) is 0 Å². The van der Waals surface area contributed by atoms with Crippen molar-refractivity contribution in [3.05, 3.63) is 24.3 Å². The summed E-state index contributed by atoms with van der Waals surface area (Å²) < 4.78 is 0. The largest absolute Gasteiger partial charge is 0.385 e. The molecular formula is C16H22N4O3. The first-order valence-corrected chi connectivity index (χ1v) is 7.67. The zero-order valence-corrected chi connectivity index (χ0v) is 13.2. The van der Waals surface area contributed by atoms with Gasteiger partial charge < -0.3 is 20.4 Å². The lowest BCUT2D eigenvalue weighted by molar-refractivity contribution is -0.134. The fraction of sp³-hybridized carbons (Fsp3) is 0.438. The Morgan fingerprint density at radius 2 is 1.70 bits per heavy atom. The lowest BCUT2D eigenvalue weighted by Crippen LogP contribution is -2.48. The molecule has 1 aliphatic heterocycles. The first kappa shape index (κ1) is 16.8. The maximum absolute atomic E-state index is 12.1. The molecule has 0 atom stereocenters. The molecule has 1 aliphatic rings. The number of rotatable bonds is 6. The Bertz CT molecular complexity index is 551. The maximum atomic E-state index is 12.1. The Kier molecular flexibility index (Phi) is 5.96. The topological polar surface area (TPSA) is 81.8 Å². The van der Waals surface area contributed by atoms with Crippen LogP contribution in [-0.2, 0) is 14.4 Å². The highest BCUT2D eigenvalue weighted by atomic mass is 16.2. The summed E-state index contributed by atoms with van der Waals surface area (Å²) >= 11 is 0. The fourth-order valence-electron chi connectivity index (χ4n) is 2.42. The minimum Gasteiger partial charge on any atom is -0.385 e. The smallest absolute Gasteiger partial charge is 0.224 e. The first-order valence-electron chi connectivity index (χ1n) is 7.67. The van der Waals surface area contributed by atoms with Crippen LogP contribution in [0.3, 0.4) is 0 Å². The summed E-state index contributed by atoms with van der Waals surface area (Å²) in [5, 5.41) is 5.89. The van der Waals surface area contributed by atoms with Gasteiger partial charge in [-0.3, -0.25) is 14.4 Å². The number of carbonyl (C=O) groups is 3. The first-order chi connectivity index (χ1) is 11.1. The van der Waals surface area contributed by atoms with Crippen molar-refractivity contribution in [2.75, 3.05) is 43.4 Å². The summed E-state index contributed by atoms with van der Waals surface area (Å²) in [5.41, 5.74) is 1.64. The number of nitrogens with zero attached hydrogens (tertiary/aromatic N) is 2. The van der Waals surface area contributed by atoms with Gasteiger partial charge in [-0.15, -0.1) is 0 Å². The molecule has 2 N–H and O–H groups in total. The van der Waals surface area contributed by atoms with Crippen LogP contribution in [0.15, 0.2) is 24.3 Å². The second-order valence-corrected chi connectivity index (χ2v) is 5.46. The van der Waals surface area contributed by atoms with Crippen LogP contribution in [0.4, 0.5) is 11.4 Å². The van der Waals surface area contributed by atoms with Gasteiger partial charge in [0.15, 0.2) is 0 Å². The molecular weight excluding hydrogens is 296 g/mol. The molecule has 0 aromatic heterocycles. The van der Waals surface area contributed by atoms with Gasteiger partial charge in [-0.1, -0.05) is 0 Å². The highest BCUT2D eigenvalue weighted by molar-refractivity contribution is 5.88. The standard InChI is InChI=1S/C16H22N4O3/c1-13(22)18-15-4-2-14(3-5-15)17-7-6-16(23)20-10-8-19(12-21)9-11-20/h2-5,12,17H,6-11H2,1H3,(H,18,22). The molecule has 7 nitrogen and oxygen atoms in total. The van der Waals surface area contributed by atoms with Crippen LogP contribution >= 0.6 is 0 Å². The van der Waals surface area contributed by atoms with Gasteiger partial charge in [0.25, 0.3) is 0 Å². The molecule has 124 valence electrons. The summed E-state index contributed by atoms with van der Waals surface area (Å²) in [6.07, 6.45) is 1.24. The number of benzene rings is 1. The lowest BCUT2D eigenvalue weighted by Gasteiger charge is -2.32. The van der Waals surface area contributed by atoms with Gasteiger partial charge in [-0.25, -0.2) is 0 Å². The van der Waals surface area contributed by atoms with Crippen LogP contribution in [-0.4, -0.2) is 60.7 Å². The zero-order chi connectivity index (χ0) is 16.7. The van der Waals surface area contributed by atoms with E-state index < -0.39 is 0 Å². The Balaban J connectivity index is 1.71. The minimum atomic E-state index is -0.106. The summed E-state index contributed by atoms with van der Waals surface area (Å²) in [4.78, 5) is 37.1. The van der Waals surface area contributed by atoms with E-state index in [9.17, 15) is 14.4 Å². The van der Waals surface area contributed by atoms with Crippen molar-refractivity contribution in [3.63, 3.8) is 0 Å². The average molecular weight is 318 g/mol. The third kappa shape index (κ3) is 5.28. The maximum Gasteiger partial charge on any atom is 0.224 e. The highest BCUT2D eigenvalue weighted by Crippen LogP contribution is 2.13. The fourth-order valence-corrected chi connectivity index (χ4v) is 2.42. The van der Waals surface area contributed by atoms with Gasteiger partial charge in [-0.2, -0.15) is 0 Å². The normalized spacial score (nSPS) is 14.3. The molecule has 2 rings (SSSR count). The van der Waals surface area contributed by atoms with E-state index in [2.05, 4.69) is 10.6 Å². The number of piperazine rings is 1. The van der Waals surface area contributed by atoms with E-state index in [-0.39, 0.29) is 11.8 Å². The predicted molar refractivity (Wildman–Crippen MR) is 88.1 cm³/mol. The quantitative estimate of drug-likeness (QED) is 0.758. The Hall–Kier alpha value is -2.57. The molecule has 1 saturated heterocycles. The van der Waals surface area contributed by atoms with Crippen molar-refractivity contribution in [3.8, 4) is 0 Å². The number of amides is 3. The zero-order valence-electron chi connectivity index (χ0n) is 13.2. The second-order valence-electron chi connectivity index (χ2n) is 5.46. The van der Waals surface area contributed by atoms with Crippen molar-refractivity contribution < 1.29 is 14.4 Å². The number of hydrogen-bond acceptors (Lipinski definition) is 4. The molecule has 23 heavy (non-hydrogen) atoms. The molecule has 1 heterocycles. The van der Waals surface area contributed by atoms with Crippen molar-refractivity contribution in [1.29, 1.82) is 0 Å². The molecule has 0 saturated carbocycles. The number of anilines is 2. The van der Waals surface area contributed by atoms with Crippen molar-refractivity contribution in [1.82, 2.24) is 9.80 Å². The minimum absolute atomic E-state index is 0.0953. The van der Waals surface area contributed by atoms with Crippen LogP contribution < -0.4 is 10.6 Å². The summed E-state index contributed by atoms with van der Waals surface area (Å²) in [6, 6.07) is 7.34. The van der Waals surface area contributed by atoms with Gasteiger partial charge in [0.2, 0.25) is 18.2 Å². The van der Waals surface area contributed by atoms with Gasteiger partial charge in [0.1, 0.15) is 0 Å². The second kappa shape index (κ2) is 8.17. The summed E-state index contributed by atoms with van der Waals surface area (Å²) in [6.45, 7) is 4.42. The Labute approximate surface area is 135 Å². The summed E-state index contributed by atoms with van der Waals surface area (Å²) in [5.74, 6) is -0.0103. The van der Waals surface area contributed by atoms with Gasteiger partial charge in [0.05, 0.1) is 0 Å². The van der Waals surface area contributed by atoms with Gasteiger partial charge in [0, 0.05) is 57.4 Å². The molecule has 1 fully saturated rings. The molecule has 0 aliphatic carbocycles. The van der Waals surface area contributed by atoms with Crippen molar-refractivity contribution in [2.45, 2.75) is 13.3 Å². The van der Waals surface area contributed by atoms with Crippen LogP contribution in [0.25, 0.3) is 0 Å². The molecule has 1 aromatic rings. The van der Waals surface area contributed by atoms with E-state index in [1.165, 1.54) is 6.92 Å². The molecule has 0 radical (unpaired) electrons. The van der Waals surface area contributed by atoms with Crippen molar-refractivity contribution in [2.24, 2.45) is 0 Å². The average Bonchev–Trinajstić information content (AvgIpc) is 2.56. The van der Waals surface area contributed by atoms with E-state index in [1.807, 2.05) is 24.3 Å². The van der Waals surface area contributed by atoms with Crippen LogP contribution in [0.2, 0.25) is 0 Å². The van der Waals surface area contributed by atoms with E-state index in [0.717, 1.165) is 17.8 Å². The Morgan fingerprint density at radius 1 is 1.09 bits per heavy atom. The van der Waals surface area contributed by atoms with E-state index in [1.54, 1.807) is 9.80 Å². The van der Waals surface area contributed by atoms with Crippen molar-refractivity contribution >= 4 is 29.6 Å². The van der Waals surface area contributed by atoms with Gasteiger partial charge in [-0.05, 0) is 24.3 Å². The van der Waals surface area contributed by atoms with E-state index in [4.69, 9.17) is 0 Å². The molecule has 7 heteroatoms. The number of carbonyl (C=O) groups excluding carboxylic acids is 3. The number of hydrogen-bond donors (Lipinski definition) is 2. The predicted octanol–water partition coefficient (Wildman–Crippen LogP) is 0.748. The SMILES string of the molecule is CC(=O)Nc1ccc(NCCC(=O)N2CCN(C=O)CC2)cc1. The molecule has 0 spiro atoms. The number of nitrogens with one attached hydrogen (secondary N) is 2. The third-order valence-electron chi connectivity index (χ3n) is 3.69. The summed E-state index contributed by atoms with van der Waals surface area (Å²) in [7, 11) is 0. The van der Waals surface area contributed by atoms with Crippen LogP contribution in [0, 0.1) is 0 Å². The van der Waals surface area contributed by atoms with E-state index in [0.29, 0.717) is 39.1 Å². The molecule has 0 bridgehead atoms. The lowest BCUT2D eigenvalue weighted by atomic mass is 10.2. The highest BCUT2D eigenvalue weighted by Gasteiger charge is 2.19. The van der Waals surface area contributed by atoms with Gasteiger partial charge >= 0.3 is 0 Å². The van der Waals surface area contributed by atoms with E-state index >= 15 is 0 Å². The third-order valence-corrected chi connectivity index (χ3v) is 3.69.